The highest BCUT2D eigenvalue weighted by Gasteiger charge is 2.26. The number of hydrogen-bond acceptors (Lipinski definition) is 4. The molecular formula is C25H27N5O2. The molecule has 164 valence electrons. The number of carbonyl (C=O) groups is 2. The van der Waals surface area contributed by atoms with Gasteiger partial charge in [-0.2, -0.15) is 0 Å². The van der Waals surface area contributed by atoms with E-state index in [4.69, 9.17) is 0 Å². The van der Waals surface area contributed by atoms with Gasteiger partial charge in [0, 0.05) is 42.2 Å². The third-order valence-electron chi connectivity index (χ3n) is 6.35. The summed E-state index contributed by atoms with van der Waals surface area (Å²) in [6.45, 7) is 0.931. The second kappa shape index (κ2) is 8.94. The molecule has 1 atom stereocenters. The molecule has 3 heterocycles. The zero-order valence-corrected chi connectivity index (χ0v) is 18.0. The van der Waals surface area contributed by atoms with Gasteiger partial charge in [-0.1, -0.05) is 36.8 Å². The maximum Gasteiger partial charge on any atom is 0.227 e. The van der Waals surface area contributed by atoms with Gasteiger partial charge in [0.05, 0.1) is 0 Å². The van der Waals surface area contributed by atoms with Crippen LogP contribution in [-0.2, 0) is 29.0 Å². The number of carbonyl (C=O) groups excluding carboxylic acids is 2. The van der Waals surface area contributed by atoms with Crippen molar-refractivity contribution in [1.82, 2.24) is 14.8 Å². The van der Waals surface area contributed by atoms with Gasteiger partial charge < -0.3 is 15.2 Å². The molecular weight excluding hydrogens is 402 g/mol. The second-order valence-electron chi connectivity index (χ2n) is 8.62. The summed E-state index contributed by atoms with van der Waals surface area (Å²) in [6.07, 6.45) is 5.94. The molecule has 0 spiro atoms. The monoisotopic (exact) mass is 429 g/mol. The zero-order valence-electron chi connectivity index (χ0n) is 18.0. The van der Waals surface area contributed by atoms with Crippen molar-refractivity contribution in [3.63, 3.8) is 0 Å². The lowest BCUT2D eigenvalue weighted by atomic mass is 9.89. The second-order valence-corrected chi connectivity index (χ2v) is 8.62. The van der Waals surface area contributed by atoms with E-state index in [1.54, 1.807) is 0 Å². The van der Waals surface area contributed by atoms with Crippen molar-refractivity contribution in [3.8, 4) is 11.4 Å². The first kappa shape index (κ1) is 20.4. The molecule has 2 aromatic carbocycles. The van der Waals surface area contributed by atoms with Gasteiger partial charge >= 0.3 is 0 Å². The Labute approximate surface area is 187 Å². The number of amides is 2. The van der Waals surface area contributed by atoms with Crippen LogP contribution in [0.2, 0.25) is 0 Å². The molecule has 0 bridgehead atoms. The van der Waals surface area contributed by atoms with E-state index in [0.717, 1.165) is 60.0 Å². The fraction of sp³-hybridized carbons (Fsp3) is 0.360. The first-order valence-corrected chi connectivity index (χ1v) is 11.4. The number of hydrogen-bond donors (Lipinski definition) is 2. The van der Waals surface area contributed by atoms with Crippen LogP contribution in [0.5, 0.6) is 0 Å². The van der Waals surface area contributed by atoms with Gasteiger partial charge in [-0.05, 0) is 49.4 Å². The number of aromatic nitrogens is 3. The normalized spacial score (nSPS) is 17.6. The Morgan fingerprint density at radius 3 is 2.94 bits per heavy atom. The fourth-order valence-corrected chi connectivity index (χ4v) is 4.61. The van der Waals surface area contributed by atoms with E-state index in [1.807, 2.05) is 48.5 Å². The highest BCUT2D eigenvalue weighted by molar-refractivity contribution is 5.96. The fourth-order valence-electron chi connectivity index (χ4n) is 4.61. The Balaban J connectivity index is 1.22. The third kappa shape index (κ3) is 4.28. The number of fused-ring (bicyclic) bond motifs is 2. The van der Waals surface area contributed by atoms with Crippen LogP contribution in [0.1, 0.15) is 43.5 Å². The molecule has 0 unspecified atom stereocenters. The average Bonchev–Trinajstić information content (AvgIpc) is 3.06. The van der Waals surface area contributed by atoms with Gasteiger partial charge in [0.2, 0.25) is 11.8 Å². The highest BCUT2D eigenvalue weighted by Crippen LogP contribution is 2.28. The Morgan fingerprint density at radius 1 is 1.09 bits per heavy atom. The van der Waals surface area contributed by atoms with Gasteiger partial charge in [-0.25, -0.2) is 0 Å². The number of para-hydroxylation sites is 1. The lowest BCUT2D eigenvalue weighted by Gasteiger charge is -2.24. The van der Waals surface area contributed by atoms with Crippen molar-refractivity contribution in [2.75, 3.05) is 10.6 Å². The molecule has 2 N–H and O–H groups in total. The number of aryl methyl sites for hydroxylation is 1. The third-order valence-corrected chi connectivity index (χ3v) is 6.35. The zero-order chi connectivity index (χ0) is 21.9. The molecule has 5 rings (SSSR count). The SMILES string of the molecule is O=C(CC[C@H]1Cc2ccccc2NC1=O)Nc1cccc(-c2nnc3n2CCCCC3)c1. The van der Waals surface area contributed by atoms with E-state index in [-0.39, 0.29) is 17.7 Å². The molecule has 3 aromatic rings. The van der Waals surface area contributed by atoms with Crippen molar-refractivity contribution in [2.45, 2.75) is 51.5 Å². The van der Waals surface area contributed by atoms with Crippen molar-refractivity contribution in [3.05, 3.63) is 59.9 Å². The Bertz CT molecular complexity index is 1150. The van der Waals surface area contributed by atoms with Gasteiger partial charge in [-0.3, -0.25) is 9.59 Å². The number of anilines is 2. The summed E-state index contributed by atoms with van der Waals surface area (Å²) in [6, 6.07) is 15.6. The maximum absolute atomic E-state index is 12.6. The summed E-state index contributed by atoms with van der Waals surface area (Å²) in [7, 11) is 0. The molecule has 0 saturated carbocycles. The molecule has 0 aliphatic carbocycles. The quantitative estimate of drug-likeness (QED) is 0.636. The standard InChI is InChI=1S/C25H27N5O2/c31-23(13-12-19-15-17-7-3-4-10-21(17)27-25(19)32)26-20-9-6-8-18(16-20)24-29-28-22-11-2-1-5-14-30(22)24/h3-4,6-10,16,19H,1-2,5,11-15H2,(H,26,31)(H,27,32)/t19-/m0/s1. The van der Waals surface area contributed by atoms with Gasteiger partial charge in [-0.15, -0.1) is 10.2 Å². The molecule has 2 amide bonds. The van der Waals surface area contributed by atoms with Gasteiger partial charge in [0.15, 0.2) is 5.82 Å². The maximum atomic E-state index is 12.6. The van der Waals surface area contributed by atoms with Gasteiger partial charge in [0.1, 0.15) is 5.82 Å². The summed E-state index contributed by atoms with van der Waals surface area (Å²) >= 11 is 0. The van der Waals surface area contributed by atoms with E-state index in [2.05, 4.69) is 25.4 Å². The van der Waals surface area contributed by atoms with Crippen LogP contribution in [0.25, 0.3) is 11.4 Å². The predicted octanol–water partition coefficient (Wildman–Crippen LogP) is 4.20. The van der Waals surface area contributed by atoms with Crippen molar-refractivity contribution < 1.29 is 9.59 Å². The molecule has 7 heteroatoms. The van der Waals surface area contributed by atoms with Crippen LogP contribution in [0, 0.1) is 5.92 Å². The molecule has 0 radical (unpaired) electrons. The van der Waals surface area contributed by atoms with Crippen LogP contribution >= 0.6 is 0 Å². The van der Waals surface area contributed by atoms with Crippen LogP contribution in [0.3, 0.4) is 0 Å². The molecule has 0 fully saturated rings. The van der Waals surface area contributed by atoms with Crippen molar-refractivity contribution in [2.24, 2.45) is 5.92 Å². The van der Waals surface area contributed by atoms with Crippen LogP contribution in [0.15, 0.2) is 48.5 Å². The Hall–Kier alpha value is -3.48. The topological polar surface area (TPSA) is 88.9 Å². The lowest BCUT2D eigenvalue weighted by molar-refractivity contribution is -0.121. The number of nitrogens with one attached hydrogen (secondary N) is 2. The summed E-state index contributed by atoms with van der Waals surface area (Å²) in [4.78, 5) is 25.0. The molecule has 1 aromatic heterocycles. The van der Waals surface area contributed by atoms with E-state index in [1.165, 1.54) is 6.42 Å². The lowest BCUT2D eigenvalue weighted by Crippen LogP contribution is -2.30. The highest BCUT2D eigenvalue weighted by atomic mass is 16.2. The van der Waals surface area contributed by atoms with Gasteiger partial charge in [0.25, 0.3) is 0 Å². The van der Waals surface area contributed by atoms with E-state index < -0.39 is 0 Å². The summed E-state index contributed by atoms with van der Waals surface area (Å²) in [5.41, 5.74) is 3.68. The summed E-state index contributed by atoms with van der Waals surface area (Å²) in [5, 5.41) is 14.7. The molecule has 2 aliphatic rings. The van der Waals surface area contributed by atoms with E-state index in [0.29, 0.717) is 19.3 Å². The number of benzene rings is 2. The minimum atomic E-state index is -0.187. The Kier molecular flexibility index (Phi) is 5.71. The van der Waals surface area contributed by atoms with E-state index in [9.17, 15) is 9.59 Å². The van der Waals surface area contributed by atoms with Crippen LogP contribution < -0.4 is 10.6 Å². The largest absolute Gasteiger partial charge is 0.326 e. The smallest absolute Gasteiger partial charge is 0.227 e. The molecule has 32 heavy (non-hydrogen) atoms. The van der Waals surface area contributed by atoms with Crippen molar-refractivity contribution >= 4 is 23.2 Å². The molecule has 0 saturated heterocycles. The predicted molar refractivity (Wildman–Crippen MR) is 123 cm³/mol. The minimum Gasteiger partial charge on any atom is -0.326 e. The number of rotatable bonds is 5. The minimum absolute atomic E-state index is 0.00834. The van der Waals surface area contributed by atoms with Crippen LogP contribution in [-0.4, -0.2) is 26.6 Å². The first-order chi connectivity index (χ1) is 15.7. The average molecular weight is 430 g/mol. The summed E-state index contributed by atoms with van der Waals surface area (Å²) in [5.74, 6) is 1.61. The van der Waals surface area contributed by atoms with Crippen LogP contribution in [0.4, 0.5) is 11.4 Å². The number of nitrogens with zero attached hydrogens (tertiary/aromatic N) is 3. The Morgan fingerprint density at radius 2 is 2.00 bits per heavy atom. The first-order valence-electron chi connectivity index (χ1n) is 11.4. The molecule has 7 nitrogen and oxygen atoms in total. The van der Waals surface area contributed by atoms with E-state index >= 15 is 0 Å². The summed E-state index contributed by atoms with van der Waals surface area (Å²) < 4.78 is 2.20. The van der Waals surface area contributed by atoms with Crippen molar-refractivity contribution in [1.29, 1.82) is 0 Å². The molecule has 2 aliphatic heterocycles.